The van der Waals surface area contributed by atoms with E-state index in [-0.39, 0.29) is 24.9 Å². The first-order valence-electron chi connectivity index (χ1n) is 7.88. The van der Waals surface area contributed by atoms with Crippen LogP contribution in [-0.2, 0) is 19.1 Å². The van der Waals surface area contributed by atoms with Crippen molar-refractivity contribution < 1.29 is 19.1 Å². The summed E-state index contributed by atoms with van der Waals surface area (Å²) in [6.07, 6.45) is 1.94. The highest BCUT2D eigenvalue weighted by atomic mass is 16.5. The quantitative estimate of drug-likeness (QED) is 0.659. The fraction of sp³-hybridized carbons (Fsp3) is 0.857. The van der Waals surface area contributed by atoms with Crippen LogP contribution in [0.3, 0.4) is 0 Å². The standard InChI is InChI=1S/C14H24N4O4/c19-13-8-18(10-16-4-2-6-22-12-16)14(20)7-17(13)9-15-3-1-5-21-11-15/h1-12H2. The van der Waals surface area contributed by atoms with Crippen molar-refractivity contribution in [1.29, 1.82) is 0 Å². The third-order valence-electron chi connectivity index (χ3n) is 4.17. The van der Waals surface area contributed by atoms with Crippen LogP contribution in [0.4, 0.5) is 0 Å². The molecule has 3 aliphatic rings. The van der Waals surface area contributed by atoms with Crippen molar-refractivity contribution in [2.75, 3.05) is 66.2 Å². The molecule has 3 fully saturated rings. The molecule has 22 heavy (non-hydrogen) atoms. The largest absolute Gasteiger partial charge is 0.366 e. The Kier molecular flexibility index (Phi) is 5.24. The third-order valence-corrected chi connectivity index (χ3v) is 4.17. The minimum absolute atomic E-state index is 0.00287. The van der Waals surface area contributed by atoms with Crippen molar-refractivity contribution in [3.05, 3.63) is 0 Å². The van der Waals surface area contributed by atoms with Gasteiger partial charge in [0.25, 0.3) is 0 Å². The monoisotopic (exact) mass is 312 g/mol. The molecule has 0 spiro atoms. The summed E-state index contributed by atoms with van der Waals surface area (Å²) in [5.41, 5.74) is 0. The van der Waals surface area contributed by atoms with E-state index in [1.807, 2.05) is 0 Å². The van der Waals surface area contributed by atoms with Gasteiger partial charge in [0.05, 0.1) is 13.3 Å². The molecule has 3 aliphatic heterocycles. The number of carbonyl (C=O) groups excluding carboxylic acids is 2. The molecule has 0 unspecified atom stereocenters. The van der Waals surface area contributed by atoms with Crippen molar-refractivity contribution in [2.24, 2.45) is 0 Å². The molecule has 0 radical (unpaired) electrons. The molecule has 8 heteroatoms. The summed E-state index contributed by atoms with van der Waals surface area (Å²) < 4.78 is 10.8. The predicted octanol–water partition coefficient (Wildman–Crippen LogP) is -1.07. The number of piperazine rings is 1. The van der Waals surface area contributed by atoms with E-state index in [0.717, 1.165) is 39.1 Å². The second-order valence-corrected chi connectivity index (χ2v) is 6.04. The van der Waals surface area contributed by atoms with E-state index in [1.165, 1.54) is 0 Å². The normalized spacial score (nSPS) is 25.8. The molecule has 0 aromatic carbocycles. The second-order valence-electron chi connectivity index (χ2n) is 6.04. The summed E-state index contributed by atoms with van der Waals surface area (Å²) in [7, 11) is 0. The van der Waals surface area contributed by atoms with Crippen molar-refractivity contribution >= 4 is 11.8 Å². The SMILES string of the molecule is O=C1CN(CN2CCCOC2)C(=O)CN1CN1CCCOC1. The molecule has 0 aliphatic carbocycles. The minimum Gasteiger partial charge on any atom is -0.366 e. The molecule has 0 atom stereocenters. The van der Waals surface area contributed by atoms with E-state index < -0.39 is 0 Å². The van der Waals surface area contributed by atoms with Gasteiger partial charge in [-0.15, -0.1) is 0 Å². The lowest BCUT2D eigenvalue weighted by atomic mass is 10.3. The maximum Gasteiger partial charge on any atom is 0.243 e. The Morgan fingerprint density at radius 1 is 0.773 bits per heavy atom. The molecule has 3 saturated heterocycles. The highest BCUT2D eigenvalue weighted by Crippen LogP contribution is 2.11. The first-order valence-corrected chi connectivity index (χ1v) is 7.88. The maximum absolute atomic E-state index is 12.3. The lowest BCUT2D eigenvalue weighted by Gasteiger charge is -2.39. The van der Waals surface area contributed by atoms with E-state index in [0.29, 0.717) is 26.8 Å². The lowest BCUT2D eigenvalue weighted by molar-refractivity contribution is -0.157. The van der Waals surface area contributed by atoms with Gasteiger partial charge in [-0.3, -0.25) is 19.4 Å². The van der Waals surface area contributed by atoms with Gasteiger partial charge in [0, 0.05) is 26.3 Å². The summed E-state index contributed by atoms with van der Waals surface area (Å²) in [5, 5.41) is 0. The van der Waals surface area contributed by atoms with Gasteiger partial charge in [0.1, 0.15) is 26.6 Å². The van der Waals surface area contributed by atoms with Gasteiger partial charge in [-0.2, -0.15) is 0 Å². The number of hydrogen-bond acceptors (Lipinski definition) is 6. The zero-order chi connectivity index (χ0) is 15.4. The summed E-state index contributed by atoms with van der Waals surface area (Å²) in [6.45, 7) is 5.70. The van der Waals surface area contributed by atoms with Gasteiger partial charge in [-0.1, -0.05) is 0 Å². The zero-order valence-corrected chi connectivity index (χ0v) is 12.9. The van der Waals surface area contributed by atoms with Crippen LogP contribution in [0.25, 0.3) is 0 Å². The van der Waals surface area contributed by atoms with Crippen molar-refractivity contribution in [1.82, 2.24) is 19.6 Å². The van der Waals surface area contributed by atoms with Gasteiger partial charge in [-0.05, 0) is 12.8 Å². The van der Waals surface area contributed by atoms with Gasteiger partial charge in [0.15, 0.2) is 0 Å². The van der Waals surface area contributed by atoms with Crippen LogP contribution in [0.2, 0.25) is 0 Å². The van der Waals surface area contributed by atoms with Crippen LogP contribution in [0, 0.1) is 0 Å². The Morgan fingerprint density at radius 2 is 1.23 bits per heavy atom. The maximum atomic E-state index is 12.3. The van der Waals surface area contributed by atoms with Gasteiger partial charge >= 0.3 is 0 Å². The van der Waals surface area contributed by atoms with E-state index in [4.69, 9.17) is 9.47 Å². The van der Waals surface area contributed by atoms with Gasteiger partial charge in [-0.25, -0.2) is 0 Å². The molecule has 2 amide bonds. The lowest BCUT2D eigenvalue weighted by Crippen LogP contribution is -2.59. The molecule has 0 N–H and O–H groups in total. The molecule has 124 valence electrons. The summed E-state index contributed by atoms with van der Waals surface area (Å²) in [4.78, 5) is 31.9. The van der Waals surface area contributed by atoms with E-state index in [9.17, 15) is 9.59 Å². The van der Waals surface area contributed by atoms with E-state index in [1.54, 1.807) is 9.80 Å². The Bertz CT molecular complexity index is 370. The smallest absolute Gasteiger partial charge is 0.243 e. The molecule has 0 aromatic heterocycles. The number of carbonyl (C=O) groups is 2. The van der Waals surface area contributed by atoms with Crippen LogP contribution in [0.5, 0.6) is 0 Å². The number of nitrogens with zero attached hydrogens (tertiary/aromatic N) is 4. The zero-order valence-electron chi connectivity index (χ0n) is 12.9. The fourth-order valence-corrected chi connectivity index (χ4v) is 2.96. The van der Waals surface area contributed by atoms with Crippen molar-refractivity contribution in [3.8, 4) is 0 Å². The third kappa shape index (κ3) is 3.95. The summed E-state index contributed by atoms with van der Waals surface area (Å²) >= 11 is 0. The Labute approximate surface area is 130 Å². The summed E-state index contributed by atoms with van der Waals surface area (Å²) in [6, 6.07) is 0. The van der Waals surface area contributed by atoms with Crippen molar-refractivity contribution in [2.45, 2.75) is 12.8 Å². The second kappa shape index (κ2) is 7.36. The Morgan fingerprint density at radius 3 is 1.59 bits per heavy atom. The number of ether oxygens (including phenoxy) is 2. The van der Waals surface area contributed by atoms with Crippen LogP contribution in [-0.4, -0.2) is 97.6 Å². The average molecular weight is 312 g/mol. The first-order chi connectivity index (χ1) is 10.7. The predicted molar refractivity (Wildman–Crippen MR) is 77.4 cm³/mol. The molecular formula is C14H24N4O4. The molecule has 0 aromatic rings. The fourth-order valence-electron chi connectivity index (χ4n) is 2.96. The van der Waals surface area contributed by atoms with Gasteiger partial charge < -0.3 is 19.3 Å². The topological polar surface area (TPSA) is 65.6 Å². The highest BCUT2D eigenvalue weighted by Gasteiger charge is 2.32. The molecule has 8 nitrogen and oxygen atoms in total. The number of hydrogen-bond donors (Lipinski definition) is 0. The van der Waals surface area contributed by atoms with Crippen LogP contribution in [0.15, 0.2) is 0 Å². The van der Waals surface area contributed by atoms with Crippen LogP contribution >= 0.6 is 0 Å². The van der Waals surface area contributed by atoms with Gasteiger partial charge in [0.2, 0.25) is 11.8 Å². The molecule has 0 saturated carbocycles. The number of rotatable bonds is 4. The average Bonchev–Trinajstić information content (AvgIpc) is 2.54. The Hall–Kier alpha value is -1.22. The molecule has 3 rings (SSSR count). The molecule has 0 bridgehead atoms. The van der Waals surface area contributed by atoms with Crippen molar-refractivity contribution in [3.63, 3.8) is 0 Å². The number of amides is 2. The first kappa shape index (κ1) is 15.7. The highest BCUT2D eigenvalue weighted by molar-refractivity contribution is 5.92. The van der Waals surface area contributed by atoms with E-state index in [2.05, 4.69) is 9.80 Å². The minimum atomic E-state index is 0.00287. The Balaban J connectivity index is 1.49. The van der Waals surface area contributed by atoms with Crippen LogP contribution in [0.1, 0.15) is 12.8 Å². The molecular weight excluding hydrogens is 288 g/mol. The van der Waals surface area contributed by atoms with E-state index >= 15 is 0 Å². The van der Waals surface area contributed by atoms with Crippen LogP contribution < -0.4 is 0 Å². The molecule has 3 heterocycles. The summed E-state index contributed by atoms with van der Waals surface area (Å²) in [5.74, 6) is 0.00574.